The van der Waals surface area contributed by atoms with Gasteiger partial charge < -0.3 is 10.4 Å². The fourth-order valence-corrected chi connectivity index (χ4v) is 4.24. The molecular formula is C18H23NOS. The van der Waals surface area contributed by atoms with Gasteiger partial charge >= 0.3 is 0 Å². The Morgan fingerprint density at radius 3 is 2.48 bits per heavy atom. The molecule has 2 N–H and O–H groups in total. The van der Waals surface area contributed by atoms with Gasteiger partial charge in [0, 0.05) is 10.9 Å². The molecule has 1 heterocycles. The molecule has 0 spiro atoms. The van der Waals surface area contributed by atoms with E-state index in [-0.39, 0.29) is 12.6 Å². The molecule has 1 aliphatic carbocycles. The quantitative estimate of drug-likeness (QED) is 0.833. The highest BCUT2D eigenvalue weighted by atomic mass is 32.1. The van der Waals surface area contributed by atoms with E-state index in [9.17, 15) is 5.11 Å². The Bertz CT molecular complexity index is 519. The topological polar surface area (TPSA) is 32.3 Å². The molecule has 0 saturated heterocycles. The molecule has 2 atom stereocenters. The number of rotatable bonds is 6. The Balaban J connectivity index is 1.80. The van der Waals surface area contributed by atoms with Gasteiger partial charge in [-0.25, -0.2) is 0 Å². The van der Waals surface area contributed by atoms with E-state index in [4.69, 9.17) is 0 Å². The summed E-state index contributed by atoms with van der Waals surface area (Å²) in [5.74, 6) is 0.696. The number of hydrogen-bond donors (Lipinski definition) is 2. The van der Waals surface area contributed by atoms with Crippen LogP contribution in [-0.2, 0) is 0 Å². The van der Waals surface area contributed by atoms with Crippen LogP contribution >= 0.6 is 11.3 Å². The molecule has 0 aliphatic heterocycles. The second kappa shape index (κ2) is 7.21. The molecule has 2 unspecified atom stereocenters. The monoisotopic (exact) mass is 301 g/mol. The van der Waals surface area contributed by atoms with Gasteiger partial charge in [0.15, 0.2) is 0 Å². The largest absolute Gasteiger partial charge is 0.394 e. The van der Waals surface area contributed by atoms with E-state index in [0.29, 0.717) is 12.0 Å². The van der Waals surface area contributed by atoms with Crippen molar-refractivity contribution in [2.24, 2.45) is 5.92 Å². The molecule has 1 aromatic heterocycles. The molecule has 2 nitrogen and oxygen atoms in total. The first kappa shape index (κ1) is 14.8. The highest BCUT2D eigenvalue weighted by Crippen LogP contribution is 2.38. The van der Waals surface area contributed by atoms with Gasteiger partial charge in [-0.3, -0.25) is 0 Å². The second-order valence-electron chi connectivity index (χ2n) is 5.85. The Morgan fingerprint density at radius 2 is 1.86 bits per heavy atom. The first-order valence-corrected chi connectivity index (χ1v) is 8.71. The van der Waals surface area contributed by atoms with Crippen molar-refractivity contribution in [2.45, 2.75) is 37.8 Å². The molecule has 2 aromatic rings. The summed E-state index contributed by atoms with van der Waals surface area (Å²) < 4.78 is 0. The average molecular weight is 301 g/mol. The Labute approximate surface area is 130 Å². The van der Waals surface area contributed by atoms with Crippen molar-refractivity contribution in [1.29, 1.82) is 0 Å². The van der Waals surface area contributed by atoms with Crippen molar-refractivity contribution in [3.63, 3.8) is 0 Å². The minimum atomic E-state index is 0.0129. The number of benzene rings is 1. The van der Waals surface area contributed by atoms with Crippen LogP contribution in [0.2, 0.25) is 0 Å². The standard InChI is InChI=1S/C18H23NOS/c20-13-16(14-7-2-1-3-8-14)19-18(15-9-4-5-10-15)17-11-6-12-21-17/h1-3,6-8,11-12,15-16,18-20H,4-5,9-10,13H2. The molecular weight excluding hydrogens is 278 g/mol. The number of aliphatic hydroxyl groups is 1. The number of nitrogens with one attached hydrogen (secondary N) is 1. The minimum absolute atomic E-state index is 0.0129. The lowest BCUT2D eigenvalue weighted by Gasteiger charge is -2.28. The molecule has 0 amide bonds. The third kappa shape index (κ3) is 3.54. The Kier molecular flexibility index (Phi) is 5.07. The van der Waals surface area contributed by atoms with Crippen LogP contribution in [0.3, 0.4) is 0 Å². The van der Waals surface area contributed by atoms with Gasteiger partial charge in [-0.1, -0.05) is 49.2 Å². The molecule has 1 aromatic carbocycles. The maximum atomic E-state index is 9.81. The van der Waals surface area contributed by atoms with E-state index < -0.39 is 0 Å². The lowest BCUT2D eigenvalue weighted by atomic mass is 9.94. The van der Waals surface area contributed by atoms with Crippen LogP contribution < -0.4 is 5.32 Å². The van der Waals surface area contributed by atoms with Crippen molar-refractivity contribution >= 4 is 11.3 Å². The third-order valence-electron chi connectivity index (χ3n) is 4.49. The SMILES string of the molecule is OCC(NC(c1cccs1)C1CCCC1)c1ccccc1. The molecule has 112 valence electrons. The Morgan fingerprint density at radius 1 is 1.10 bits per heavy atom. The van der Waals surface area contributed by atoms with Crippen LogP contribution in [-0.4, -0.2) is 11.7 Å². The van der Waals surface area contributed by atoms with Crippen LogP contribution in [0.5, 0.6) is 0 Å². The maximum Gasteiger partial charge on any atom is 0.0626 e. The molecule has 0 bridgehead atoms. The first-order valence-electron chi connectivity index (χ1n) is 7.83. The minimum Gasteiger partial charge on any atom is -0.394 e. The smallest absolute Gasteiger partial charge is 0.0626 e. The lowest BCUT2D eigenvalue weighted by molar-refractivity contribution is 0.217. The summed E-state index contributed by atoms with van der Waals surface area (Å²) in [6.07, 6.45) is 5.26. The van der Waals surface area contributed by atoms with Crippen LogP contribution in [0.25, 0.3) is 0 Å². The van der Waals surface area contributed by atoms with Gasteiger partial charge in [0.1, 0.15) is 0 Å². The molecule has 1 fully saturated rings. The summed E-state index contributed by atoms with van der Waals surface area (Å²) in [4.78, 5) is 1.40. The molecule has 3 rings (SSSR count). The van der Waals surface area contributed by atoms with Gasteiger partial charge in [0.25, 0.3) is 0 Å². The highest BCUT2D eigenvalue weighted by molar-refractivity contribution is 7.10. The van der Waals surface area contributed by atoms with Crippen molar-refractivity contribution in [3.8, 4) is 0 Å². The van der Waals surface area contributed by atoms with Crippen LogP contribution in [0.15, 0.2) is 47.8 Å². The normalized spacial score (nSPS) is 18.7. The van der Waals surface area contributed by atoms with E-state index in [1.165, 1.54) is 36.1 Å². The van der Waals surface area contributed by atoms with Gasteiger partial charge in [-0.05, 0) is 35.8 Å². The predicted molar refractivity (Wildman–Crippen MR) is 88.4 cm³/mol. The molecule has 3 heteroatoms. The van der Waals surface area contributed by atoms with E-state index in [1.807, 2.05) is 29.5 Å². The summed E-state index contributed by atoms with van der Waals surface area (Å²) in [7, 11) is 0. The maximum absolute atomic E-state index is 9.81. The van der Waals surface area contributed by atoms with Crippen molar-refractivity contribution in [2.75, 3.05) is 6.61 Å². The second-order valence-corrected chi connectivity index (χ2v) is 6.83. The van der Waals surface area contributed by atoms with Crippen molar-refractivity contribution in [3.05, 3.63) is 58.3 Å². The van der Waals surface area contributed by atoms with Gasteiger partial charge in [-0.15, -0.1) is 11.3 Å². The van der Waals surface area contributed by atoms with E-state index in [1.54, 1.807) is 0 Å². The predicted octanol–water partition coefficient (Wildman–Crippen LogP) is 4.30. The summed E-state index contributed by atoms with van der Waals surface area (Å²) >= 11 is 1.82. The number of aliphatic hydroxyl groups excluding tert-OH is 1. The van der Waals surface area contributed by atoms with Crippen LogP contribution in [0, 0.1) is 5.92 Å². The van der Waals surface area contributed by atoms with E-state index in [0.717, 1.165) is 0 Å². The molecule has 21 heavy (non-hydrogen) atoms. The van der Waals surface area contributed by atoms with Crippen molar-refractivity contribution < 1.29 is 5.11 Å². The van der Waals surface area contributed by atoms with Crippen molar-refractivity contribution in [1.82, 2.24) is 5.32 Å². The zero-order chi connectivity index (χ0) is 14.5. The Hall–Kier alpha value is -1.16. The lowest BCUT2D eigenvalue weighted by Crippen LogP contribution is -2.32. The van der Waals surface area contributed by atoms with Crippen LogP contribution in [0.1, 0.15) is 48.2 Å². The number of hydrogen-bond acceptors (Lipinski definition) is 3. The molecule has 1 aliphatic rings. The number of thiophene rings is 1. The zero-order valence-electron chi connectivity index (χ0n) is 12.2. The third-order valence-corrected chi connectivity index (χ3v) is 5.44. The summed E-state index contributed by atoms with van der Waals surface area (Å²) in [5.41, 5.74) is 1.17. The van der Waals surface area contributed by atoms with Gasteiger partial charge in [0.05, 0.1) is 12.6 Å². The summed E-state index contributed by atoms with van der Waals surface area (Å²) in [5, 5.41) is 15.7. The average Bonchev–Trinajstić information content (AvgIpc) is 3.23. The van der Waals surface area contributed by atoms with Gasteiger partial charge in [-0.2, -0.15) is 0 Å². The molecule has 1 saturated carbocycles. The summed E-state index contributed by atoms with van der Waals surface area (Å²) in [6, 6.07) is 15.0. The fraction of sp³-hybridized carbons (Fsp3) is 0.444. The van der Waals surface area contributed by atoms with Crippen LogP contribution in [0.4, 0.5) is 0 Å². The van der Waals surface area contributed by atoms with Gasteiger partial charge in [0.2, 0.25) is 0 Å². The zero-order valence-corrected chi connectivity index (χ0v) is 13.1. The first-order chi connectivity index (χ1) is 10.4. The molecule has 0 radical (unpaired) electrons. The fourth-order valence-electron chi connectivity index (χ4n) is 3.37. The highest BCUT2D eigenvalue weighted by Gasteiger charge is 2.29. The van der Waals surface area contributed by atoms with E-state index in [2.05, 4.69) is 35.0 Å². The van der Waals surface area contributed by atoms with E-state index >= 15 is 0 Å². The summed E-state index contributed by atoms with van der Waals surface area (Å²) in [6.45, 7) is 0.138.